The Balaban J connectivity index is 0.000000337. The van der Waals surface area contributed by atoms with Gasteiger partial charge in [-0.3, -0.25) is 9.59 Å². The van der Waals surface area contributed by atoms with E-state index in [9.17, 15) is 9.18 Å². The van der Waals surface area contributed by atoms with Crippen molar-refractivity contribution >= 4 is 17.4 Å². The zero-order chi connectivity index (χ0) is 11.3. The van der Waals surface area contributed by atoms with Crippen molar-refractivity contribution in [2.45, 2.75) is 0 Å². The summed E-state index contributed by atoms with van der Waals surface area (Å²) in [6.45, 7) is -0.250. The Labute approximate surface area is 84.0 Å². The van der Waals surface area contributed by atoms with E-state index in [1.54, 1.807) is 24.3 Å². The number of benzene rings is 1. The molecule has 0 aliphatic carbocycles. The molecule has 0 saturated carbocycles. The maximum Gasteiger partial charge on any atom is 0.290 e. The number of H-pyrrole nitrogens is 1. The standard InChI is InChI=1S/C9H6FNO.CH2O2/c10-7-5-6-3-1-2-4-8(6)11-9(7)12;2-1-3/h1-5H,(H,11,12);1H,(H,2,3). The van der Waals surface area contributed by atoms with E-state index < -0.39 is 11.4 Å². The predicted octanol–water partition coefficient (Wildman–Crippen LogP) is 1.37. The molecule has 0 radical (unpaired) electrons. The Kier molecular flexibility index (Phi) is 3.56. The minimum atomic E-state index is -0.742. The number of hydrogen-bond acceptors (Lipinski definition) is 2. The van der Waals surface area contributed by atoms with Gasteiger partial charge < -0.3 is 10.1 Å². The number of aromatic amines is 1. The molecule has 1 aromatic carbocycles. The minimum Gasteiger partial charge on any atom is -0.483 e. The van der Waals surface area contributed by atoms with Gasteiger partial charge in [0, 0.05) is 10.9 Å². The number of carboxylic acid groups (broad SMARTS) is 1. The summed E-state index contributed by atoms with van der Waals surface area (Å²) in [7, 11) is 0. The Hall–Kier alpha value is -2.17. The lowest BCUT2D eigenvalue weighted by atomic mass is 10.2. The van der Waals surface area contributed by atoms with E-state index in [4.69, 9.17) is 9.90 Å². The van der Waals surface area contributed by atoms with E-state index in [0.29, 0.717) is 10.9 Å². The number of hydrogen-bond donors (Lipinski definition) is 2. The average Bonchev–Trinajstić information content (AvgIpc) is 2.21. The molecule has 5 heteroatoms. The van der Waals surface area contributed by atoms with Crippen LogP contribution in [0.25, 0.3) is 10.9 Å². The van der Waals surface area contributed by atoms with E-state index in [1.807, 2.05) is 0 Å². The van der Waals surface area contributed by atoms with Gasteiger partial charge in [-0.05, 0) is 12.1 Å². The van der Waals surface area contributed by atoms with Gasteiger partial charge in [0.2, 0.25) is 0 Å². The van der Waals surface area contributed by atoms with Crippen molar-refractivity contribution in [2.75, 3.05) is 0 Å². The monoisotopic (exact) mass is 209 g/mol. The van der Waals surface area contributed by atoms with Gasteiger partial charge in [0.1, 0.15) is 0 Å². The van der Waals surface area contributed by atoms with Crippen LogP contribution in [0.5, 0.6) is 0 Å². The van der Waals surface area contributed by atoms with Crippen LogP contribution in [0, 0.1) is 5.82 Å². The number of fused-ring (bicyclic) bond motifs is 1. The summed E-state index contributed by atoms with van der Waals surface area (Å²) in [5, 5.41) is 7.59. The molecular weight excluding hydrogens is 201 g/mol. The van der Waals surface area contributed by atoms with E-state index in [1.165, 1.54) is 6.07 Å². The Morgan fingerprint density at radius 1 is 1.33 bits per heavy atom. The third-order valence-corrected chi connectivity index (χ3v) is 1.71. The topological polar surface area (TPSA) is 70.2 Å². The van der Waals surface area contributed by atoms with Crippen LogP contribution in [0.15, 0.2) is 35.1 Å². The number of pyridine rings is 1. The molecule has 0 unspecified atom stereocenters. The summed E-state index contributed by atoms with van der Waals surface area (Å²) >= 11 is 0. The van der Waals surface area contributed by atoms with Crippen LogP contribution in [0.1, 0.15) is 0 Å². The Morgan fingerprint density at radius 2 is 1.93 bits per heavy atom. The number of carbonyl (C=O) groups is 1. The van der Waals surface area contributed by atoms with Gasteiger partial charge in [0.05, 0.1) is 0 Å². The van der Waals surface area contributed by atoms with E-state index in [2.05, 4.69) is 4.98 Å². The fraction of sp³-hybridized carbons (Fsp3) is 0. The van der Waals surface area contributed by atoms with Crippen molar-refractivity contribution < 1.29 is 14.3 Å². The van der Waals surface area contributed by atoms with Crippen LogP contribution in [0.2, 0.25) is 0 Å². The molecular formula is C10H8FNO3. The van der Waals surface area contributed by atoms with Crippen molar-refractivity contribution in [3.05, 3.63) is 46.5 Å². The lowest BCUT2D eigenvalue weighted by Gasteiger charge is -1.95. The van der Waals surface area contributed by atoms with Crippen LogP contribution in [-0.4, -0.2) is 16.6 Å². The zero-order valence-corrected chi connectivity index (χ0v) is 7.61. The number of halogens is 1. The van der Waals surface area contributed by atoms with Gasteiger partial charge in [0.15, 0.2) is 5.82 Å². The first-order valence-electron chi connectivity index (χ1n) is 4.04. The van der Waals surface area contributed by atoms with Gasteiger partial charge in [-0.15, -0.1) is 0 Å². The number of para-hydroxylation sites is 1. The van der Waals surface area contributed by atoms with E-state index in [0.717, 1.165) is 0 Å². The quantitative estimate of drug-likeness (QED) is 0.644. The summed E-state index contributed by atoms with van der Waals surface area (Å²) in [6, 6.07) is 8.29. The van der Waals surface area contributed by atoms with Crippen LogP contribution in [0.4, 0.5) is 4.39 Å². The molecule has 15 heavy (non-hydrogen) atoms. The summed E-state index contributed by atoms with van der Waals surface area (Å²) in [6.07, 6.45) is 0. The third kappa shape index (κ3) is 2.63. The second kappa shape index (κ2) is 4.90. The van der Waals surface area contributed by atoms with Crippen molar-refractivity contribution in [1.82, 2.24) is 4.98 Å². The Morgan fingerprint density at radius 3 is 2.60 bits per heavy atom. The van der Waals surface area contributed by atoms with E-state index >= 15 is 0 Å². The number of rotatable bonds is 0. The van der Waals surface area contributed by atoms with Gasteiger partial charge in [-0.2, -0.15) is 0 Å². The summed E-state index contributed by atoms with van der Waals surface area (Å²) < 4.78 is 12.7. The molecule has 2 rings (SSSR count). The second-order valence-electron chi connectivity index (χ2n) is 2.64. The molecule has 0 saturated heterocycles. The number of aromatic nitrogens is 1. The largest absolute Gasteiger partial charge is 0.483 e. The molecule has 2 aromatic rings. The Bertz CT molecular complexity index is 521. The summed E-state index contributed by atoms with van der Waals surface area (Å²) in [4.78, 5) is 21.6. The van der Waals surface area contributed by atoms with Crippen molar-refractivity contribution in [3.63, 3.8) is 0 Å². The molecule has 1 heterocycles. The first-order valence-corrected chi connectivity index (χ1v) is 4.04. The zero-order valence-electron chi connectivity index (χ0n) is 7.61. The maximum atomic E-state index is 12.7. The molecule has 0 aliphatic rings. The fourth-order valence-electron chi connectivity index (χ4n) is 1.12. The SMILES string of the molecule is O=CO.O=c1[nH]c2ccccc2cc1F. The van der Waals surface area contributed by atoms with Gasteiger partial charge >= 0.3 is 0 Å². The molecule has 4 nitrogen and oxygen atoms in total. The van der Waals surface area contributed by atoms with Crippen molar-refractivity contribution in [1.29, 1.82) is 0 Å². The molecule has 2 N–H and O–H groups in total. The first kappa shape index (κ1) is 10.9. The third-order valence-electron chi connectivity index (χ3n) is 1.71. The highest BCUT2D eigenvalue weighted by molar-refractivity contribution is 5.77. The lowest BCUT2D eigenvalue weighted by Crippen LogP contribution is -2.09. The highest BCUT2D eigenvalue weighted by Crippen LogP contribution is 2.08. The molecule has 0 bridgehead atoms. The molecule has 0 atom stereocenters. The summed E-state index contributed by atoms with van der Waals surface area (Å²) in [5.41, 5.74) is -0.0161. The molecule has 0 fully saturated rings. The lowest BCUT2D eigenvalue weighted by molar-refractivity contribution is -0.122. The molecule has 0 amide bonds. The molecule has 1 aromatic heterocycles. The first-order chi connectivity index (χ1) is 7.19. The second-order valence-corrected chi connectivity index (χ2v) is 2.64. The molecule has 0 aliphatic heterocycles. The fourth-order valence-corrected chi connectivity index (χ4v) is 1.12. The highest BCUT2D eigenvalue weighted by Gasteiger charge is 1.98. The number of nitrogens with one attached hydrogen (secondary N) is 1. The highest BCUT2D eigenvalue weighted by atomic mass is 19.1. The van der Waals surface area contributed by atoms with Gasteiger partial charge in [0.25, 0.3) is 12.0 Å². The maximum absolute atomic E-state index is 12.7. The van der Waals surface area contributed by atoms with Crippen LogP contribution < -0.4 is 5.56 Å². The van der Waals surface area contributed by atoms with Crippen molar-refractivity contribution in [3.8, 4) is 0 Å². The summed E-state index contributed by atoms with van der Waals surface area (Å²) in [5.74, 6) is -0.742. The van der Waals surface area contributed by atoms with Gasteiger partial charge in [-0.25, -0.2) is 4.39 Å². The molecule has 0 spiro atoms. The van der Waals surface area contributed by atoms with Crippen LogP contribution in [-0.2, 0) is 4.79 Å². The van der Waals surface area contributed by atoms with Crippen molar-refractivity contribution in [2.24, 2.45) is 0 Å². The van der Waals surface area contributed by atoms with Crippen LogP contribution >= 0.6 is 0 Å². The van der Waals surface area contributed by atoms with Gasteiger partial charge in [-0.1, -0.05) is 18.2 Å². The van der Waals surface area contributed by atoms with E-state index in [-0.39, 0.29) is 6.47 Å². The molecule has 78 valence electrons. The predicted molar refractivity (Wildman–Crippen MR) is 53.2 cm³/mol. The minimum absolute atomic E-state index is 0.250. The average molecular weight is 209 g/mol. The smallest absolute Gasteiger partial charge is 0.290 e. The van der Waals surface area contributed by atoms with Crippen LogP contribution in [0.3, 0.4) is 0 Å². The normalized spacial score (nSPS) is 9.13.